The van der Waals surface area contributed by atoms with Crippen molar-refractivity contribution in [2.24, 2.45) is 0 Å². The minimum absolute atomic E-state index is 0.559. The van der Waals surface area contributed by atoms with Crippen molar-refractivity contribution in [1.82, 2.24) is 15.2 Å². The van der Waals surface area contributed by atoms with Crippen LogP contribution in [0.25, 0.3) is 9.88 Å². The van der Waals surface area contributed by atoms with Gasteiger partial charge in [0.2, 0.25) is 0 Å². The van der Waals surface area contributed by atoms with Crippen LogP contribution in [-0.2, 0) is 19.6 Å². The summed E-state index contributed by atoms with van der Waals surface area (Å²) in [5, 5.41) is 8.87. The Morgan fingerprint density at radius 1 is 1.08 bits per heavy atom. The maximum atomic E-state index is 4.72. The van der Waals surface area contributed by atoms with Crippen LogP contribution >= 0.6 is 22.7 Å². The lowest BCUT2D eigenvalue weighted by molar-refractivity contribution is 0.266. The van der Waals surface area contributed by atoms with Crippen molar-refractivity contribution in [3.05, 3.63) is 64.0 Å². The predicted molar refractivity (Wildman–Crippen MR) is 109 cm³/mol. The molecule has 0 saturated heterocycles. The second-order valence-corrected chi connectivity index (χ2v) is 8.36. The number of thiophene rings is 1. The molecule has 0 amide bonds. The van der Waals surface area contributed by atoms with E-state index in [0.717, 1.165) is 30.3 Å². The molecule has 0 unspecified atom stereocenters. The highest BCUT2D eigenvalue weighted by Gasteiger charge is 2.06. The fourth-order valence-corrected chi connectivity index (χ4v) is 4.18. The normalized spacial score (nSPS) is 11.6. The van der Waals surface area contributed by atoms with E-state index in [2.05, 4.69) is 78.3 Å². The van der Waals surface area contributed by atoms with Crippen LogP contribution in [0.15, 0.2) is 47.2 Å². The van der Waals surface area contributed by atoms with Crippen LogP contribution < -0.4 is 5.32 Å². The molecule has 3 rings (SSSR count). The number of aromatic nitrogens is 1. The molecule has 0 radical (unpaired) electrons. The van der Waals surface area contributed by atoms with Gasteiger partial charge in [0.25, 0.3) is 0 Å². The number of benzene rings is 1. The first-order valence-corrected chi connectivity index (χ1v) is 10.3. The Hall–Kier alpha value is -1.53. The molecule has 2 heterocycles. The van der Waals surface area contributed by atoms with Crippen LogP contribution in [0.1, 0.15) is 30.7 Å². The van der Waals surface area contributed by atoms with Gasteiger partial charge in [0.15, 0.2) is 0 Å². The molecule has 3 nitrogen and oxygen atoms in total. The monoisotopic (exact) mass is 371 g/mol. The maximum absolute atomic E-state index is 4.72. The zero-order chi connectivity index (χ0) is 17.6. The van der Waals surface area contributed by atoms with Gasteiger partial charge in [-0.25, -0.2) is 4.98 Å². The molecule has 0 aliphatic rings. The quantitative estimate of drug-likeness (QED) is 0.604. The van der Waals surface area contributed by atoms with Crippen molar-refractivity contribution in [1.29, 1.82) is 0 Å². The van der Waals surface area contributed by atoms with Crippen LogP contribution in [-0.4, -0.2) is 23.0 Å². The van der Waals surface area contributed by atoms with Crippen molar-refractivity contribution < 1.29 is 0 Å². The lowest BCUT2D eigenvalue weighted by Crippen LogP contribution is -2.25. The molecule has 25 heavy (non-hydrogen) atoms. The highest BCUT2D eigenvalue weighted by molar-refractivity contribution is 7.20. The smallest absolute Gasteiger partial charge is 0.133 e. The summed E-state index contributed by atoms with van der Waals surface area (Å²) in [7, 11) is 2.17. The third-order valence-corrected chi connectivity index (χ3v) is 6.15. The lowest BCUT2D eigenvalue weighted by Gasteiger charge is -2.21. The van der Waals surface area contributed by atoms with Gasteiger partial charge < -0.3 is 5.32 Å². The van der Waals surface area contributed by atoms with Gasteiger partial charge in [-0.3, -0.25) is 4.90 Å². The summed E-state index contributed by atoms with van der Waals surface area (Å²) in [6.07, 6.45) is 0. The van der Waals surface area contributed by atoms with Gasteiger partial charge in [0.1, 0.15) is 5.01 Å². The standard InChI is InChI=1S/C20H25N3S2/c1-15(2)23(3)13-17-7-4-6-16(10-17)11-21-12-18-14-25-20(22-18)19-8-5-9-24-19/h4-10,14-15,21H,11-13H2,1-3H3. The number of thiazole rings is 1. The van der Waals surface area contributed by atoms with Crippen LogP contribution in [0.4, 0.5) is 0 Å². The molecule has 2 aromatic heterocycles. The van der Waals surface area contributed by atoms with Crippen molar-refractivity contribution in [3.63, 3.8) is 0 Å². The van der Waals surface area contributed by atoms with E-state index < -0.39 is 0 Å². The van der Waals surface area contributed by atoms with Crippen LogP contribution in [0.2, 0.25) is 0 Å². The summed E-state index contributed by atoms with van der Waals surface area (Å²) >= 11 is 3.46. The minimum atomic E-state index is 0.559. The first-order valence-electron chi connectivity index (χ1n) is 8.59. The Kier molecular flexibility index (Phi) is 6.37. The molecule has 1 aromatic carbocycles. The summed E-state index contributed by atoms with van der Waals surface area (Å²) < 4.78 is 0. The minimum Gasteiger partial charge on any atom is -0.307 e. The van der Waals surface area contributed by atoms with Gasteiger partial charge >= 0.3 is 0 Å². The van der Waals surface area contributed by atoms with E-state index in [4.69, 9.17) is 4.98 Å². The largest absolute Gasteiger partial charge is 0.307 e. The zero-order valence-electron chi connectivity index (χ0n) is 15.0. The number of hydrogen-bond donors (Lipinski definition) is 1. The Morgan fingerprint density at radius 3 is 2.68 bits per heavy atom. The van der Waals surface area contributed by atoms with Gasteiger partial charge in [-0.05, 0) is 43.5 Å². The van der Waals surface area contributed by atoms with Crippen molar-refractivity contribution in [3.8, 4) is 9.88 Å². The third-order valence-electron chi connectivity index (χ3n) is 4.22. The van der Waals surface area contributed by atoms with E-state index in [1.54, 1.807) is 22.7 Å². The highest BCUT2D eigenvalue weighted by atomic mass is 32.1. The molecule has 3 aromatic rings. The van der Waals surface area contributed by atoms with Crippen molar-refractivity contribution in [2.45, 2.75) is 39.5 Å². The average molecular weight is 372 g/mol. The number of hydrogen-bond acceptors (Lipinski definition) is 5. The van der Waals surface area contributed by atoms with E-state index >= 15 is 0 Å². The average Bonchev–Trinajstić information content (AvgIpc) is 3.26. The van der Waals surface area contributed by atoms with Crippen LogP contribution in [0, 0.1) is 0 Å². The Morgan fingerprint density at radius 2 is 1.92 bits per heavy atom. The van der Waals surface area contributed by atoms with E-state index in [1.165, 1.54) is 16.0 Å². The molecule has 0 atom stereocenters. The second kappa shape index (κ2) is 8.72. The molecule has 1 N–H and O–H groups in total. The van der Waals surface area contributed by atoms with E-state index in [0.29, 0.717) is 6.04 Å². The molecule has 5 heteroatoms. The molecule has 0 fully saturated rings. The van der Waals surface area contributed by atoms with Gasteiger partial charge in [-0.15, -0.1) is 22.7 Å². The zero-order valence-corrected chi connectivity index (χ0v) is 16.7. The van der Waals surface area contributed by atoms with E-state index in [-0.39, 0.29) is 0 Å². The topological polar surface area (TPSA) is 28.2 Å². The van der Waals surface area contributed by atoms with Crippen LogP contribution in [0.5, 0.6) is 0 Å². The fraction of sp³-hybridized carbons (Fsp3) is 0.350. The molecule has 0 aliphatic carbocycles. The van der Waals surface area contributed by atoms with E-state index in [9.17, 15) is 0 Å². The predicted octanol–water partition coefficient (Wildman–Crippen LogP) is 5.00. The molecule has 0 saturated carbocycles. The van der Waals surface area contributed by atoms with Gasteiger partial charge in [-0.2, -0.15) is 0 Å². The molecule has 0 spiro atoms. The van der Waals surface area contributed by atoms with E-state index in [1.807, 2.05) is 0 Å². The SMILES string of the molecule is CC(C)N(C)Cc1cccc(CNCc2csc(-c3cccs3)n2)c1. The number of nitrogens with zero attached hydrogens (tertiary/aromatic N) is 2. The Balaban J connectivity index is 1.52. The molecular weight excluding hydrogens is 346 g/mol. The summed E-state index contributed by atoms with van der Waals surface area (Å²) in [4.78, 5) is 8.32. The first kappa shape index (κ1) is 18.3. The fourth-order valence-electron chi connectivity index (χ4n) is 2.55. The molecular formula is C20H25N3S2. The van der Waals surface area contributed by atoms with Crippen molar-refractivity contribution in [2.75, 3.05) is 7.05 Å². The second-order valence-electron chi connectivity index (χ2n) is 6.55. The third kappa shape index (κ3) is 5.22. The summed E-state index contributed by atoms with van der Waals surface area (Å²) in [6, 6.07) is 13.6. The van der Waals surface area contributed by atoms with Crippen molar-refractivity contribution >= 4 is 22.7 Å². The van der Waals surface area contributed by atoms with Gasteiger partial charge in [0, 0.05) is 31.1 Å². The maximum Gasteiger partial charge on any atom is 0.133 e. The molecule has 132 valence electrons. The van der Waals surface area contributed by atoms with Crippen LogP contribution in [0.3, 0.4) is 0 Å². The van der Waals surface area contributed by atoms with Gasteiger partial charge in [-0.1, -0.05) is 30.3 Å². The molecule has 0 aliphatic heterocycles. The lowest BCUT2D eigenvalue weighted by atomic mass is 10.1. The first-order chi connectivity index (χ1) is 12.1. The number of rotatable bonds is 8. The molecule has 0 bridgehead atoms. The Labute approximate surface area is 158 Å². The summed E-state index contributed by atoms with van der Waals surface area (Å²) in [5.41, 5.74) is 3.80. The van der Waals surface area contributed by atoms with Gasteiger partial charge in [0.05, 0.1) is 10.6 Å². The number of nitrogens with one attached hydrogen (secondary N) is 1. The Bertz CT molecular complexity index is 778. The highest BCUT2D eigenvalue weighted by Crippen LogP contribution is 2.27. The summed E-state index contributed by atoms with van der Waals surface area (Å²) in [6.45, 7) is 7.11. The summed E-state index contributed by atoms with van der Waals surface area (Å²) in [5.74, 6) is 0.